The maximum absolute atomic E-state index is 11.7. The topological polar surface area (TPSA) is 29.5 Å². The summed E-state index contributed by atoms with van der Waals surface area (Å²) < 4.78 is 0. The average Bonchev–Trinajstić information content (AvgIpc) is 2.28. The highest BCUT2D eigenvalue weighted by molar-refractivity contribution is 5.85. The van der Waals surface area contributed by atoms with Crippen molar-refractivity contribution < 1.29 is 9.63 Å². The Hall–Kier alpha value is -1.71. The Morgan fingerprint density at radius 1 is 1.44 bits per heavy atom. The number of hydrogen-bond donors (Lipinski definition) is 0. The molecule has 1 saturated heterocycles. The van der Waals surface area contributed by atoms with E-state index in [9.17, 15) is 4.79 Å². The molecule has 3 nitrogen and oxygen atoms in total. The zero-order valence-electron chi connectivity index (χ0n) is 9.36. The zero-order valence-corrected chi connectivity index (χ0v) is 9.36. The summed E-state index contributed by atoms with van der Waals surface area (Å²) in [6, 6.07) is 0.0331. The van der Waals surface area contributed by atoms with Crippen LogP contribution in [0.1, 0.15) is 13.3 Å². The van der Waals surface area contributed by atoms with Crippen molar-refractivity contribution in [2.75, 3.05) is 7.11 Å². The van der Waals surface area contributed by atoms with Crippen molar-refractivity contribution in [1.82, 2.24) is 5.06 Å². The molecule has 1 heterocycles. The number of nitrogens with zero attached hydrogens (tertiary/aromatic N) is 1. The second-order valence-electron chi connectivity index (χ2n) is 3.88. The molecule has 0 radical (unpaired) electrons. The summed E-state index contributed by atoms with van der Waals surface area (Å²) in [4.78, 5) is 16.8. The predicted molar refractivity (Wildman–Crippen MR) is 59.6 cm³/mol. The summed E-state index contributed by atoms with van der Waals surface area (Å²) in [6.07, 6.45) is 4.04. The van der Waals surface area contributed by atoms with Gasteiger partial charge < -0.3 is 0 Å². The Morgan fingerprint density at radius 2 is 2.19 bits per heavy atom. The molecule has 0 bridgehead atoms. The second kappa shape index (κ2) is 4.43. The Kier molecular flexibility index (Phi) is 2.99. The second-order valence-corrected chi connectivity index (χ2v) is 3.88. The SMILES string of the molecule is CON1C(=O)[C@@H]2CC#C/C=C\C#CC(C)[C@H]21. The van der Waals surface area contributed by atoms with Crippen LogP contribution < -0.4 is 0 Å². The van der Waals surface area contributed by atoms with E-state index in [0.717, 1.165) is 0 Å². The lowest BCUT2D eigenvalue weighted by Gasteiger charge is -2.46. The summed E-state index contributed by atoms with van der Waals surface area (Å²) in [6.45, 7) is 2.01. The van der Waals surface area contributed by atoms with E-state index in [2.05, 4.69) is 23.7 Å². The number of amides is 1. The van der Waals surface area contributed by atoms with E-state index in [-0.39, 0.29) is 23.8 Å². The summed E-state index contributed by atoms with van der Waals surface area (Å²) in [5, 5.41) is 1.41. The first-order valence-electron chi connectivity index (χ1n) is 5.27. The highest BCUT2D eigenvalue weighted by atomic mass is 16.7. The van der Waals surface area contributed by atoms with Gasteiger partial charge in [0.15, 0.2) is 0 Å². The van der Waals surface area contributed by atoms with Gasteiger partial charge in [0, 0.05) is 12.3 Å². The molecule has 1 aliphatic heterocycles. The third kappa shape index (κ3) is 1.71. The van der Waals surface area contributed by atoms with Crippen LogP contribution in [-0.4, -0.2) is 24.1 Å². The highest BCUT2D eigenvalue weighted by Crippen LogP contribution is 2.34. The number of hydroxylamine groups is 2. The fourth-order valence-corrected chi connectivity index (χ4v) is 2.09. The van der Waals surface area contributed by atoms with E-state index in [1.807, 2.05) is 6.92 Å². The lowest BCUT2D eigenvalue weighted by Crippen LogP contribution is -2.62. The quantitative estimate of drug-likeness (QED) is 0.482. The Labute approximate surface area is 95.4 Å². The minimum absolute atomic E-state index is 0.0139. The summed E-state index contributed by atoms with van der Waals surface area (Å²) >= 11 is 0. The van der Waals surface area contributed by atoms with Gasteiger partial charge in [-0.2, -0.15) is 0 Å². The van der Waals surface area contributed by atoms with Gasteiger partial charge in [-0.15, -0.1) is 0 Å². The predicted octanol–water partition coefficient (Wildman–Crippen LogP) is 0.978. The molecule has 2 rings (SSSR count). The summed E-state index contributed by atoms with van der Waals surface area (Å²) in [5.41, 5.74) is 0. The van der Waals surface area contributed by atoms with E-state index in [4.69, 9.17) is 4.84 Å². The van der Waals surface area contributed by atoms with Crippen LogP contribution in [-0.2, 0) is 9.63 Å². The fraction of sp³-hybridized carbons (Fsp3) is 0.462. The van der Waals surface area contributed by atoms with Gasteiger partial charge >= 0.3 is 0 Å². The molecule has 3 atom stereocenters. The van der Waals surface area contributed by atoms with Gasteiger partial charge in [0.2, 0.25) is 0 Å². The molecule has 0 aromatic heterocycles. The minimum atomic E-state index is -0.0664. The summed E-state index contributed by atoms with van der Waals surface area (Å²) in [5.74, 6) is 11.9. The molecule has 0 aromatic rings. The molecule has 16 heavy (non-hydrogen) atoms. The number of carbonyl (C=O) groups is 1. The van der Waals surface area contributed by atoms with Crippen molar-refractivity contribution in [2.24, 2.45) is 11.8 Å². The van der Waals surface area contributed by atoms with Gasteiger partial charge in [0.1, 0.15) is 0 Å². The highest BCUT2D eigenvalue weighted by Gasteiger charge is 2.49. The van der Waals surface area contributed by atoms with Crippen LogP contribution in [0.4, 0.5) is 0 Å². The van der Waals surface area contributed by atoms with Crippen molar-refractivity contribution in [3.63, 3.8) is 0 Å². The standard InChI is InChI=1S/C13H13NO2/c1-10-8-6-4-3-5-7-9-11-12(10)14(16-2)13(11)15/h3-4,10-12H,9H2,1-2H3/b4-3-/t10?,11-,12-/m1/s1. The van der Waals surface area contributed by atoms with Crippen LogP contribution in [0.5, 0.6) is 0 Å². The average molecular weight is 215 g/mol. The van der Waals surface area contributed by atoms with Gasteiger partial charge in [0.05, 0.1) is 19.1 Å². The normalized spacial score (nSPS) is 33.5. The molecular formula is C13H13NO2. The third-order valence-electron chi connectivity index (χ3n) is 2.91. The van der Waals surface area contributed by atoms with E-state index >= 15 is 0 Å². The van der Waals surface area contributed by atoms with Gasteiger partial charge in [-0.3, -0.25) is 9.63 Å². The first-order chi connectivity index (χ1) is 7.75. The number of rotatable bonds is 1. The zero-order chi connectivity index (χ0) is 11.5. The number of β-lactam (4-membered cyclic amide) rings is 1. The molecule has 0 aromatic carbocycles. The number of carbonyl (C=O) groups excluding carboxylic acids is 1. The van der Waals surface area contributed by atoms with Crippen LogP contribution in [0.25, 0.3) is 0 Å². The fourth-order valence-electron chi connectivity index (χ4n) is 2.09. The Morgan fingerprint density at radius 3 is 2.94 bits per heavy atom. The first kappa shape index (κ1) is 10.8. The molecule has 0 spiro atoms. The van der Waals surface area contributed by atoms with Crippen LogP contribution in [0.15, 0.2) is 12.2 Å². The van der Waals surface area contributed by atoms with Crippen molar-refractivity contribution in [1.29, 1.82) is 0 Å². The number of hydrogen-bond acceptors (Lipinski definition) is 2. The maximum atomic E-state index is 11.7. The number of allylic oxidation sites excluding steroid dienone is 2. The first-order valence-corrected chi connectivity index (χ1v) is 5.27. The van der Waals surface area contributed by atoms with Crippen molar-refractivity contribution >= 4 is 5.91 Å². The maximum Gasteiger partial charge on any atom is 0.252 e. The molecule has 1 unspecified atom stereocenters. The van der Waals surface area contributed by atoms with Gasteiger partial charge in [0.25, 0.3) is 5.91 Å². The van der Waals surface area contributed by atoms with Crippen LogP contribution in [0.2, 0.25) is 0 Å². The van der Waals surface area contributed by atoms with Crippen LogP contribution >= 0.6 is 0 Å². The lowest BCUT2D eigenvalue weighted by atomic mass is 9.79. The summed E-state index contributed by atoms with van der Waals surface area (Å²) in [7, 11) is 1.51. The van der Waals surface area contributed by atoms with Crippen LogP contribution in [0.3, 0.4) is 0 Å². The minimum Gasteiger partial charge on any atom is -0.274 e. The molecule has 3 heteroatoms. The van der Waals surface area contributed by atoms with E-state index < -0.39 is 0 Å². The van der Waals surface area contributed by atoms with Crippen molar-refractivity contribution in [3.05, 3.63) is 12.2 Å². The molecule has 0 N–H and O–H groups in total. The smallest absolute Gasteiger partial charge is 0.252 e. The monoisotopic (exact) mass is 215 g/mol. The van der Waals surface area contributed by atoms with E-state index in [1.165, 1.54) is 12.2 Å². The van der Waals surface area contributed by atoms with Gasteiger partial charge in [-0.1, -0.05) is 23.7 Å². The molecular weight excluding hydrogens is 202 g/mol. The van der Waals surface area contributed by atoms with Gasteiger partial charge in [-0.05, 0) is 19.1 Å². The van der Waals surface area contributed by atoms with Crippen LogP contribution in [0, 0.1) is 35.5 Å². The molecule has 1 aliphatic carbocycles. The molecule has 1 amide bonds. The molecule has 0 saturated carbocycles. The Balaban J connectivity index is 2.25. The van der Waals surface area contributed by atoms with Gasteiger partial charge in [-0.25, -0.2) is 5.06 Å². The number of fused-ring (bicyclic) bond motifs is 1. The largest absolute Gasteiger partial charge is 0.274 e. The van der Waals surface area contributed by atoms with Crippen molar-refractivity contribution in [2.45, 2.75) is 19.4 Å². The third-order valence-corrected chi connectivity index (χ3v) is 2.91. The Bertz CT molecular complexity index is 444. The lowest BCUT2D eigenvalue weighted by molar-refractivity contribution is -0.235. The molecule has 2 aliphatic rings. The molecule has 1 fully saturated rings. The molecule has 82 valence electrons. The van der Waals surface area contributed by atoms with Crippen molar-refractivity contribution in [3.8, 4) is 23.7 Å². The van der Waals surface area contributed by atoms with E-state index in [1.54, 1.807) is 12.2 Å². The van der Waals surface area contributed by atoms with E-state index in [0.29, 0.717) is 6.42 Å².